The molecule has 30 heavy (non-hydrogen) atoms. The van der Waals surface area contributed by atoms with Gasteiger partial charge in [0.2, 0.25) is 5.95 Å². The van der Waals surface area contributed by atoms with E-state index in [0.29, 0.717) is 23.9 Å². The molecule has 1 N–H and O–H groups in total. The van der Waals surface area contributed by atoms with E-state index >= 15 is 0 Å². The summed E-state index contributed by atoms with van der Waals surface area (Å²) in [6.45, 7) is 2.48. The van der Waals surface area contributed by atoms with Gasteiger partial charge in [-0.2, -0.15) is 9.67 Å². The first-order valence-electron chi connectivity index (χ1n) is 9.65. The van der Waals surface area contributed by atoms with Gasteiger partial charge in [-0.15, -0.1) is 5.10 Å². The highest BCUT2D eigenvalue weighted by atomic mass is 16.5. The van der Waals surface area contributed by atoms with Crippen LogP contribution in [0.4, 0.5) is 5.95 Å². The summed E-state index contributed by atoms with van der Waals surface area (Å²) in [6, 6.07) is 24.8. The van der Waals surface area contributed by atoms with Crippen LogP contribution in [0.5, 0.6) is 5.75 Å². The molecule has 0 aliphatic carbocycles. The lowest BCUT2D eigenvalue weighted by atomic mass is 10.1. The van der Waals surface area contributed by atoms with E-state index in [4.69, 9.17) is 4.74 Å². The Hall–Kier alpha value is -3.93. The highest BCUT2D eigenvalue weighted by Gasteiger charge is 2.19. The number of hydrogen-bond donors (Lipinski definition) is 1. The normalized spacial score (nSPS) is 10.6. The zero-order valence-electron chi connectivity index (χ0n) is 16.9. The fraction of sp³-hybridized carbons (Fsp3) is 0.125. The van der Waals surface area contributed by atoms with Gasteiger partial charge in [-0.3, -0.25) is 4.79 Å². The Bertz CT molecular complexity index is 1150. The number of aromatic nitrogens is 3. The summed E-state index contributed by atoms with van der Waals surface area (Å²) >= 11 is 0. The zero-order valence-corrected chi connectivity index (χ0v) is 16.9. The maximum absolute atomic E-state index is 13.2. The Kier molecular flexibility index (Phi) is 5.57. The molecule has 0 saturated heterocycles. The molecule has 0 aliphatic heterocycles. The van der Waals surface area contributed by atoms with Crippen LogP contribution < -0.4 is 10.1 Å². The number of aryl methyl sites for hydroxylation is 1. The molecule has 0 bridgehead atoms. The first-order valence-corrected chi connectivity index (χ1v) is 9.65. The number of rotatable bonds is 6. The van der Waals surface area contributed by atoms with Gasteiger partial charge >= 0.3 is 0 Å². The molecule has 0 saturated carbocycles. The third-order valence-corrected chi connectivity index (χ3v) is 4.71. The van der Waals surface area contributed by atoms with Crippen molar-refractivity contribution in [2.45, 2.75) is 13.5 Å². The molecule has 0 unspecified atom stereocenters. The first kappa shape index (κ1) is 19.4. The molecule has 0 aliphatic rings. The van der Waals surface area contributed by atoms with Crippen LogP contribution in [-0.4, -0.2) is 27.8 Å². The molecule has 1 heterocycles. The Morgan fingerprint density at radius 2 is 1.77 bits per heavy atom. The standard InChI is InChI=1S/C24H22N4O2/c1-17-7-6-10-20(15-17)23(29)28-24(25-16-18-8-4-3-5-9-18)26-22(27-28)19-11-13-21(30-2)14-12-19/h3-15H,16H2,1-2H3,(H,25,26,27). The lowest BCUT2D eigenvalue weighted by Crippen LogP contribution is -2.17. The van der Waals surface area contributed by atoms with Gasteiger partial charge in [0, 0.05) is 17.7 Å². The number of benzene rings is 3. The van der Waals surface area contributed by atoms with Crippen molar-refractivity contribution in [3.63, 3.8) is 0 Å². The number of hydrogen-bond acceptors (Lipinski definition) is 5. The molecule has 1 aromatic heterocycles. The number of nitrogens with one attached hydrogen (secondary N) is 1. The quantitative estimate of drug-likeness (QED) is 0.516. The van der Waals surface area contributed by atoms with E-state index in [1.807, 2.05) is 79.7 Å². The minimum Gasteiger partial charge on any atom is -0.497 e. The van der Waals surface area contributed by atoms with Crippen LogP contribution in [0, 0.1) is 6.92 Å². The number of carbonyl (C=O) groups is 1. The van der Waals surface area contributed by atoms with Crippen molar-refractivity contribution in [2.75, 3.05) is 12.4 Å². The molecular weight excluding hydrogens is 376 g/mol. The molecule has 4 rings (SSSR count). The van der Waals surface area contributed by atoms with Gasteiger partial charge in [-0.1, -0.05) is 48.0 Å². The van der Waals surface area contributed by atoms with E-state index in [2.05, 4.69) is 15.4 Å². The summed E-state index contributed by atoms with van der Waals surface area (Å²) in [5.41, 5.74) is 3.45. The zero-order chi connectivity index (χ0) is 20.9. The van der Waals surface area contributed by atoms with Gasteiger partial charge < -0.3 is 10.1 Å². The van der Waals surface area contributed by atoms with Crippen LogP contribution in [-0.2, 0) is 6.54 Å². The molecule has 6 heteroatoms. The van der Waals surface area contributed by atoms with Crippen molar-refractivity contribution in [1.29, 1.82) is 0 Å². The van der Waals surface area contributed by atoms with Gasteiger partial charge in [0.25, 0.3) is 5.91 Å². The predicted octanol–water partition coefficient (Wildman–Crippen LogP) is 4.56. The number of ether oxygens (including phenoxy) is 1. The van der Waals surface area contributed by atoms with E-state index in [0.717, 1.165) is 22.4 Å². The first-order chi connectivity index (χ1) is 14.6. The highest BCUT2D eigenvalue weighted by molar-refractivity contribution is 5.97. The van der Waals surface area contributed by atoms with E-state index in [9.17, 15) is 4.79 Å². The summed E-state index contributed by atoms with van der Waals surface area (Å²) < 4.78 is 6.55. The maximum atomic E-state index is 13.2. The van der Waals surface area contributed by atoms with Gasteiger partial charge in [0.15, 0.2) is 5.82 Å². The molecule has 0 radical (unpaired) electrons. The Labute approximate surface area is 175 Å². The maximum Gasteiger partial charge on any atom is 0.281 e. The number of nitrogens with zero attached hydrogens (tertiary/aromatic N) is 3. The van der Waals surface area contributed by atoms with Gasteiger partial charge in [0.05, 0.1) is 7.11 Å². The Morgan fingerprint density at radius 3 is 2.47 bits per heavy atom. The average molecular weight is 398 g/mol. The molecule has 0 atom stereocenters. The number of anilines is 1. The highest BCUT2D eigenvalue weighted by Crippen LogP contribution is 2.22. The summed E-state index contributed by atoms with van der Waals surface area (Å²) in [7, 11) is 1.62. The minimum absolute atomic E-state index is 0.235. The Balaban J connectivity index is 1.69. The molecule has 6 nitrogen and oxygen atoms in total. The third kappa shape index (κ3) is 4.22. The second kappa shape index (κ2) is 8.61. The lowest BCUT2D eigenvalue weighted by molar-refractivity contribution is 0.0947. The van der Waals surface area contributed by atoms with Crippen molar-refractivity contribution < 1.29 is 9.53 Å². The van der Waals surface area contributed by atoms with Crippen molar-refractivity contribution in [3.8, 4) is 17.1 Å². The number of methoxy groups -OCH3 is 1. The molecule has 3 aromatic carbocycles. The van der Waals surface area contributed by atoms with Crippen LogP contribution in [0.1, 0.15) is 21.5 Å². The minimum atomic E-state index is -0.235. The second-order valence-corrected chi connectivity index (χ2v) is 6.91. The van der Waals surface area contributed by atoms with E-state index < -0.39 is 0 Å². The van der Waals surface area contributed by atoms with Gasteiger partial charge in [0.1, 0.15) is 5.75 Å². The number of carbonyl (C=O) groups excluding carboxylic acids is 1. The van der Waals surface area contributed by atoms with E-state index in [-0.39, 0.29) is 5.91 Å². The summed E-state index contributed by atoms with van der Waals surface area (Å²) in [5.74, 6) is 1.38. The fourth-order valence-electron chi connectivity index (χ4n) is 3.11. The summed E-state index contributed by atoms with van der Waals surface area (Å²) in [5, 5.41) is 7.76. The largest absolute Gasteiger partial charge is 0.497 e. The molecule has 0 spiro atoms. The second-order valence-electron chi connectivity index (χ2n) is 6.91. The summed E-state index contributed by atoms with van der Waals surface area (Å²) in [6.07, 6.45) is 0. The van der Waals surface area contributed by atoms with Crippen LogP contribution in [0.15, 0.2) is 78.9 Å². The van der Waals surface area contributed by atoms with E-state index in [1.165, 1.54) is 4.68 Å². The topological polar surface area (TPSA) is 69.0 Å². The monoisotopic (exact) mass is 398 g/mol. The predicted molar refractivity (Wildman–Crippen MR) is 117 cm³/mol. The molecule has 4 aromatic rings. The van der Waals surface area contributed by atoms with Crippen LogP contribution in [0.2, 0.25) is 0 Å². The van der Waals surface area contributed by atoms with Crippen molar-refractivity contribution in [3.05, 3.63) is 95.6 Å². The molecule has 0 fully saturated rings. The van der Waals surface area contributed by atoms with Gasteiger partial charge in [-0.05, 0) is 48.9 Å². The smallest absolute Gasteiger partial charge is 0.281 e. The average Bonchev–Trinajstić information content (AvgIpc) is 3.22. The molecule has 0 amide bonds. The van der Waals surface area contributed by atoms with E-state index in [1.54, 1.807) is 13.2 Å². The lowest BCUT2D eigenvalue weighted by Gasteiger charge is -2.07. The SMILES string of the molecule is COc1ccc(-c2nc(NCc3ccccc3)n(C(=O)c3cccc(C)c3)n2)cc1. The van der Waals surface area contributed by atoms with Gasteiger partial charge in [-0.25, -0.2) is 0 Å². The summed E-state index contributed by atoms with van der Waals surface area (Å²) in [4.78, 5) is 17.8. The fourth-order valence-corrected chi connectivity index (χ4v) is 3.11. The Morgan fingerprint density at radius 1 is 1.00 bits per heavy atom. The third-order valence-electron chi connectivity index (χ3n) is 4.71. The van der Waals surface area contributed by atoms with Crippen molar-refractivity contribution in [2.24, 2.45) is 0 Å². The van der Waals surface area contributed by atoms with Crippen LogP contribution >= 0.6 is 0 Å². The molecule has 150 valence electrons. The van der Waals surface area contributed by atoms with Crippen LogP contribution in [0.25, 0.3) is 11.4 Å². The van der Waals surface area contributed by atoms with Crippen LogP contribution in [0.3, 0.4) is 0 Å². The molecular formula is C24H22N4O2. The van der Waals surface area contributed by atoms with Crippen molar-refractivity contribution in [1.82, 2.24) is 14.8 Å². The van der Waals surface area contributed by atoms with Crippen molar-refractivity contribution >= 4 is 11.9 Å².